The Balaban J connectivity index is 1.92. The van der Waals surface area contributed by atoms with Gasteiger partial charge in [-0.2, -0.15) is 0 Å². The maximum absolute atomic E-state index is 12.2. The molecular weight excluding hydrogens is 266 g/mol. The van der Waals surface area contributed by atoms with Crippen LogP contribution in [0.15, 0.2) is 24.3 Å². The molecule has 0 aromatic heterocycles. The Morgan fingerprint density at radius 1 is 1.52 bits per heavy atom. The minimum atomic E-state index is -0.272. The molecule has 5 heteroatoms. The number of aryl methyl sites for hydroxylation is 1. The zero-order chi connectivity index (χ0) is 15.5. The van der Waals surface area contributed by atoms with Gasteiger partial charge < -0.3 is 15.8 Å². The van der Waals surface area contributed by atoms with Crippen LogP contribution in [0.25, 0.3) is 0 Å². The van der Waals surface area contributed by atoms with E-state index in [-0.39, 0.29) is 17.6 Å². The molecule has 0 aliphatic carbocycles. The van der Waals surface area contributed by atoms with Gasteiger partial charge in [-0.3, -0.25) is 9.69 Å². The van der Waals surface area contributed by atoms with Crippen molar-refractivity contribution in [1.82, 2.24) is 4.90 Å². The van der Waals surface area contributed by atoms with Crippen LogP contribution in [0, 0.1) is 6.92 Å². The summed E-state index contributed by atoms with van der Waals surface area (Å²) in [7, 11) is 0. The summed E-state index contributed by atoms with van der Waals surface area (Å²) in [6.07, 6.45) is -0.0134. The van der Waals surface area contributed by atoms with Gasteiger partial charge >= 0.3 is 0 Å². The number of hydrogen-bond acceptors (Lipinski definition) is 4. The first-order valence-corrected chi connectivity index (χ1v) is 7.35. The molecule has 21 heavy (non-hydrogen) atoms. The summed E-state index contributed by atoms with van der Waals surface area (Å²) in [6.45, 7) is 8.31. The number of carbonyl (C=O) groups is 1. The van der Waals surface area contributed by atoms with E-state index in [9.17, 15) is 4.79 Å². The highest BCUT2D eigenvalue weighted by atomic mass is 16.5. The molecule has 2 rings (SSSR count). The minimum absolute atomic E-state index is 0.00549. The lowest BCUT2D eigenvalue weighted by atomic mass is 10.1. The fourth-order valence-electron chi connectivity index (χ4n) is 2.79. The molecule has 1 unspecified atom stereocenters. The van der Waals surface area contributed by atoms with Gasteiger partial charge in [-0.05, 0) is 38.5 Å². The summed E-state index contributed by atoms with van der Waals surface area (Å²) in [4.78, 5) is 14.3. The number of nitrogens with zero attached hydrogens (tertiary/aromatic N) is 1. The van der Waals surface area contributed by atoms with Crippen molar-refractivity contribution in [1.29, 1.82) is 0 Å². The number of benzene rings is 1. The Morgan fingerprint density at radius 2 is 2.29 bits per heavy atom. The van der Waals surface area contributed by atoms with E-state index >= 15 is 0 Å². The quantitative estimate of drug-likeness (QED) is 0.879. The Hall–Kier alpha value is -1.43. The maximum atomic E-state index is 12.2. The van der Waals surface area contributed by atoms with Crippen LogP contribution in [0.2, 0.25) is 0 Å². The Morgan fingerprint density at radius 3 is 2.95 bits per heavy atom. The molecule has 5 nitrogen and oxygen atoms in total. The van der Waals surface area contributed by atoms with E-state index in [0.717, 1.165) is 17.8 Å². The topological polar surface area (TPSA) is 67.6 Å². The SMILES string of the molecule is Cc1cccc(NC(=O)CN2CC(CN)OC(C)(C)C2)c1. The van der Waals surface area contributed by atoms with Crippen molar-refractivity contribution in [2.24, 2.45) is 5.73 Å². The van der Waals surface area contributed by atoms with Gasteiger partial charge in [0.05, 0.1) is 18.2 Å². The first-order valence-electron chi connectivity index (χ1n) is 7.35. The third-order valence-corrected chi connectivity index (χ3v) is 3.48. The second-order valence-electron chi connectivity index (χ2n) is 6.32. The summed E-state index contributed by atoms with van der Waals surface area (Å²) in [5, 5.41) is 2.94. The van der Waals surface area contributed by atoms with E-state index in [0.29, 0.717) is 19.6 Å². The van der Waals surface area contributed by atoms with Gasteiger partial charge in [0, 0.05) is 25.3 Å². The fourth-order valence-corrected chi connectivity index (χ4v) is 2.79. The van der Waals surface area contributed by atoms with Crippen LogP contribution in [0.5, 0.6) is 0 Å². The highest BCUT2D eigenvalue weighted by Crippen LogP contribution is 2.20. The largest absolute Gasteiger partial charge is 0.368 e. The average Bonchev–Trinajstić information content (AvgIpc) is 2.36. The highest BCUT2D eigenvalue weighted by Gasteiger charge is 2.33. The molecule has 1 saturated heterocycles. The van der Waals surface area contributed by atoms with Crippen molar-refractivity contribution in [3.8, 4) is 0 Å². The van der Waals surface area contributed by atoms with E-state index in [4.69, 9.17) is 10.5 Å². The number of nitrogens with one attached hydrogen (secondary N) is 1. The van der Waals surface area contributed by atoms with Gasteiger partial charge in [-0.25, -0.2) is 0 Å². The molecule has 1 aromatic rings. The number of hydrogen-bond donors (Lipinski definition) is 2. The highest BCUT2D eigenvalue weighted by molar-refractivity contribution is 5.92. The van der Waals surface area contributed by atoms with Gasteiger partial charge in [-0.15, -0.1) is 0 Å². The Labute approximate surface area is 126 Å². The Bertz CT molecular complexity index is 502. The van der Waals surface area contributed by atoms with Crippen LogP contribution in [-0.2, 0) is 9.53 Å². The molecule has 0 spiro atoms. The van der Waals surface area contributed by atoms with Crippen molar-refractivity contribution in [2.45, 2.75) is 32.5 Å². The smallest absolute Gasteiger partial charge is 0.238 e. The predicted molar refractivity (Wildman–Crippen MR) is 84.3 cm³/mol. The molecule has 0 radical (unpaired) electrons. The number of anilines is 1. The van der Waals surface area contributed by atoms with E-state index in [1.165, 1.54) is 0 Å². The Kier molecular flexibility index (Phi) is 4.98. The van der Waals surface area contributed by atoms with Crippen molar-refractivity contribution in [3.63, 3.8) is 0 Å². The van der Waals surface area contributed by atoms with E-state index in [1.807, 2.05) is 45.0 Å². The predicted octanol–water partition coefficient (Wildman–Crippen LogP) is 1.37. The second-order valence-corrected chi connectivity index (χ2v) is 6.32. The lowest BCUT2D eigenvalue weighted by molar-refractivity contribution is -0.138. The zero-order valence-electron chi connectivity index (χ0n) is 13.1. The zero-order valence-corrected chi connectivity index (χ0v) is 13.1. The van der Waals surface area contributed by atoms with E-state index in [1.54, 1.807) is 0 Å². The molecule has 116 valence electrons. The van der Waals surface area contributed by atoms with Gasteiger partial charge in [0.25, 0.3) is 0 Å². The second kappa shape index (κ2) is 6.56. The summed E-state index contributed by atoms with van der Waals surface area (Å²) < 4.78 is 5.87. The van der Waals surface area contributed by atoms with Gasteiger partial charge in [0.1, 0.15) is 0 Å². The normalized spacial score (nSPS) is 22.0. The summed E-state index contributed by atoms with van der Waals surface area (Å²) in [5.74, 6) is -0.00549. The van der Waals surface area contributed by atoms with Crippen LogP contribution in [-0.4, -0.2) is 48.7 Å². The minimum Gasteiger partial charge on any atom is -0.368 e. The standard InChI is InChI=1S/C16H25N3O2/c1-12-5-4-6-13(7-12)18-15(20)10-19-9-14(8-17)21-16(2,3)11-19/h4-7,14H,8-11,17H2,1-3H3,(H,18,20). The maximum Gasteiger partial charge on any atom is 0.238 e. The van der Waals surface area contributed by atoms with Gasteiger partial charge in [0.2, 0.25) is 5.91 Å². The van der Waals surface area contributed by atoms with Crippen LogP contribution >= 0.6 is 0 Å². The molecule has 1 amide bonds. The van der Waals surface area contributed by atoms with Crippen molar-refractivity contribution >= 4 is 11.6 Å². The molecular formula is C16H25N3O2. The molecule has 1 heterocycles. The summed E-state index contributed by atoms with van der Waals surface area (Å²) in [6, 6.07) is 7.81. The van der Waals surface area contributed by atoms with Crippen molar-refractivity contribution in [3.05, 3.63) is 29.8 Å². The van der Waals surface area contributed by atoms with Crippen LogP contribution in [0.4, 0.5) is 5.69 Å². The molecule has 1 fully saturated rings. The molecule has 0 bridgehead atoms. The van der Waals surface area contributed by atoms with Crippen molar-refractivity contribution in [2.75, 3.05) is 31.5 Å². The molecule has 1 atom stereocenters. The molecule has 3 N–H and O–H groups in total. The van der Waals surface area contributed by atoms with Crippen LogP contribution in [0.3, 0.4) is 0 Å². The molecule has 1 aromatic carbocycles. The van der Waals surface area contributed by atoms with E-state index < -0.39 is 0 Å². The van der Waals surface area contributed by atoms with Gasteiger partial charge in [0.15, 0.2) is 0 Å². The molecule has 1 aliphatic rings. The molecule has 1 aliphatic heterocycles. The third-order valence-electron chi connectivity index (χ3n) is 3.48. The average molecular weight is 291 g/mol. The number of nitrogens with two attached hydrogens (primary N) is 1. The lowest BCUT2D eigenvalue weighted by Gasteiger charge is -2.42. The summed E-state index contributed by atoms with van der Waals surface area (Å²) in [5.41, 5.74) is 7.40. The first-order chi connectivity index (χ1) is 9.88. The monoisotopic (exact) mass is 291 g/mol. The third kappa shape index (κ3) is 4.81. The van der Waals surface area contributed by atoms with Crippen molar-refractivity contribution < 1.29 is 9.53 Å². The number of amides is 1. The number of ether oxygens (including phenoxy) is 1. The lowest BCUT2D eigenvalue weighted by Crippen LogP contribution is -2.56. The van der Waals surface area contributed by atoms with Crippen LogP contribution in [0.1, 0.15) is 19.4 Å². The van der Waals surface area contributed by atoms with Crippen LogP contribution < -0.4 is 11.1 Å². The van der Waals surface area contributed by atoms with Gasteiger partial charge in [-0.1, -0.05) is 12.1 Å². The molecule has 0 saturated carbocycles. The number of carbonyl (C=O) groups excluding carboxylic acids is 1. The van der Waals surface area contributed by atoms with E-state index in [2.05, 4.69) is 10.2 Å². The first kappa shape index (κ1) is 15.9. The number of rotatable bonds is 4. The number of morpholine rings is 1. The summed E-state index contributed by atoms with van der Waals surface area (Å²) >= 11 is 0. The fraction of sp³-hybridized carbons (Fsp3) is 0.562.